The van der Waals surface area contributed by atoms with Gasteiger partial charge in [-0.05, 0) is 53.4 Å². The van der Waals surface area contributed by atoms with Crippen molar-refractivity contribution in [1.82, 2.24) is 0 Å². The molecule has 0 aliphatic carbocycles. The first-order chi connectivity index (χ1) is 8.06. The van der Waals surface area contributed by atoms with Gasteiger partial charge in [0.1, 0.15) is 5.82 Å². The van der Waals surface area contributed by atoms with Crippen LogP contribution >= 0.6 is 15.9 Å². The predicted octanol–water partition coefficient (Wildman–Crippen LogP) is 2.92. The van der Waals surface area contributed by atoms with E-state index in [-0.39, 0.29) is 17.8 Å². The lowest BCUT2D eigenvalue weighted by Gasteiger charge is -2.16. The number of halogens is 2. The van der Waals surface area contributed by atoms with E-state index in [2.05, 4.69) is 15.9 Å². The Bertz CT molecular complexity index is 397. The van der Waals surface area contributed by atoms with Crippen molar-refractivity contribution in [2.75, 3.05) is 6.61 Å². The number of benzene rings is 1. The summed E-state index contributed by atoms with van der Waals surface area (Å²) < 4.78 is 18.9. The lowest BCUT2D eigenvalue weighted by atomic mass is 9.94. The predicted molar refractivity (Wildman–Crippen MR) is 67.3 cm³/mol. The Hall–Kier alpha value is -0.450. The molecule has 17 heavy (non-hydrogen) atoms. The summed E-state index contributed by atoms with van der Waals surface area (Å²) in [6.45, 7) is 2.63. The second kappa shape index (κ2) is 5.46. The normalized spacial score (nSPS) is 26.1. The maximum Gasteiger partial charge on any atom is 0.137 e. The van der Waals surface area contributed by atoms with Crippen LogP contribution in [-0.2, 0) is 11.2 Å². The van der Waals surface area contributed by atoms with E-state index in [0.717, 1.165) is 12.0 Å². The van der Waals surface area contributed by atoms with Gasteiger partial charge in [-0.25, -0.2) is 4.39 Å². The standard InChI is InChI=1S/C13H16BrFO2/c1-8-4-10(7-17-8)13(16)6-9-2-3-12(15)11(14)5-9/h2-3,5,8,10,13,16H,4,6-7H2,1H3. The van der Waals surface area contributed by atoms with Crippen LogP contribution in [0.15, 0.2) is 22.7 Å². The zero-order chi connectivity index (χ0) is 12.4. The lowest BCUT2D eigenvalue weighted by molar-refractivity contribution is 0.0806. The summed E-state index contributed by atoms with van der Waals surface area (Å²) in [5.41, 5.74) is 0.935. The van der Waals surface area contributed by atoms with Gasteiger partial charge in [-0.15, -0.1) is 0 Å². The highest BCUT2D eigenvalue weighted by Crippen LogP contribution is 2.25. The monoisotopic (exact) mass is 302 g/mol. The molecule has 3 unspecified atom stereocenters. The van der Waals surface area contributed by atoms with E-state index < -0.39 is 6.10 Å². The minimum atomic E-state index is -0.419. The summed E-state index contributed by atoms with van der Waals surface area (Å²) in [7, 11) is 0. The van der Waals surface area contributed by atoms with Crippen LogP contribution in [0.3, 0.4) is 0 Å². The molecule has 1 aliphatic heterocycles. The van der Waals surface area contributed by atoms with Crippen molar-refractivity contribution in [3.63, 3.8) is 0 Å². The van der Waals surface area contributed by atoms with E-state index in [4.69, 9.17) is 4.74 Å². The quantitative estimate of drug-likeness (QED) is 0.930. The van der Waals surface area contributed by atoms with Gasteiger partial charge in [-0.3, -0.25) is 0 Å². The Labute approximate surface area is 109 Å². The number of hydrogen-bond donors (Lipinski definition) is 1. The Morgan fingerprint density at radius 2 is 2.35 bits per heavy atom. The highest BCUT2D eigenvalue weighted by atomic mass is 79.9. The summed E-state index contributed by atoms with van der Waals surface area (Å²) in [5.74, 6) is -0.0881. The molecule has 1 fully saturated rings. The molecule has 3 atom stereocenters. The summed E-state index contributed by atoms with van der Waals surface area (Å²) in [5, 5.41) is 10.1. The van der Waals surface area contributed by atoms with E-state index in [0.29, 0.717) is 17.5 Å². The van der Waals surface area contributed by atoms with Crippen LogP contribution in [-0.4, -0.2) is 23.9 Å². The first kappa shape index (κ1) is 13.0. The molecule has 1 N–H and O–H groups in total. The Balaban J connectivity index is 1.98. The molecular formula is C13H16BrFO2. The Kier molecular flexibility index (Phi) is 4.17. The molecule has 94 valence electrons. The fourth-order valence-corrected chi connectivity index (χ4v) is 2.62. The first-order valence-corrected chi connectivity index (χ1v) is 6.59. The molecule has 1 aliphatic rings. The van der Waals surface area contributed by atoms with Crippen molar-refractivity contribution < 1.29 is 14.2 Å². The molecule has 1 aromatic rings. The van der Waals surface area contributed by atoms with E-state index in [1.165, 1.54) is 6.07 Å². The van der Waals surface area contributed by atoms with Gasteiger partial charge >= 0.3 is 0 Å². The zero-order valence-electron chi connectivity index (χ0n) is 9.70. The molecule has 1 aromatic carbocycles. The maximum atomic E-state index is 13.1. The van der Waals surface area contributed by atoms with Crippen molar-refractivity contribution >= 4 is 15.9 Å². The van der Waals surface area contributed by atoms with E-state index in [1.807, 2.05) is 6.92 Å². The van der Waals surface area contributed by atoms with E-state index >= 15 is 0 Å². The number of rotatable bonds is 3. The molecular weight excluding hydrogens is 287 g/mol. The highest BCUT2D eigenvalue weighted by Gasteiger charge is 2.28. The fourth-order valence-electron chi connectivity index (χ4n) is 2.19. The van der Waals surface area contributed by atoms with Crippen molar-refractivity contribution in [3.05, 3.63) is 34.1 Å². The van der Waals surface area contributed by atoms with Gasteiger partial charge in [0.25, 0.3) is 0 Å². The second-order valence-corrected chi connectivity index (χ2v) is 5.51. The van der Waals surface area contributed by atoms with Crippen LogP contribution in [0.4, 0.5) is 4.39 Å². The topological polar surface area (TPSA) is 29.5 Å². The van der Waals surface area contributed by atoms with Gasteiger partial charge in [0, 0.05) is 5.92 Å². The molecule has 2 nitrogen and oxygen atoms in total. The Morgan fingerprint density at radius 1 is 1.59 bits per heavy atom. The smallest absolute Gasteiger partial charge is 0.137 e. The molecule has 2 rings (SSSR count). The summed E-state index contributed by atoms with van der Waals surface area (Å²) in [4.78, 5) is 0. The molecule has 1 heterocycles. The largest absolute Gasteiger partial charge is 0.392 e. The highest BCUT2D eigenvalue weighted by molar-refractivity contribution is 9.10. The molecule has 0 amide bonds. The van der Waals surface area contributed by atoms with Gasteiger partial charge in [0.2, 0.25) is 0 Å². The van der Waals surface area contributed by atoms with Gasteiger partial charge in [0.15, 0.2) is 0 Å². The molecule has 4 heteroatoms. The minimum absolute atomic E-state index is 0.189. The first-order valence-electron chi connectivity index (χ1n) is 5.80. The minimum Gasteiger partial charge on any atom is -0.392 e. The number of aliphatic hydroxyl groups excluding tert-OH is 1. The number of aliphatic hydroxyl groups is 1. The van der Waals surface area contributed by atoms with Crippen molar-refractivity contribution in [2.24, 2.45) is 5.92 Å². The Morgan fingerprint density at radius 3 is 2.94 bits per heavy atom. The van der Waals surface area contributed by atoms with Crippen LogP contribution < -0.4 is 0 Å². The fraction of sp³-hybridized carbons (Fsp3) is 0.538. The van der Waals surface area contributed by atoms with Crippen molar-refractivity contribution in [2.45, 2.75) is 32.0 Å². The third-order valence-corrected chi connectivity index (χ3v) is 3.81. The summed E-state index contributed by atoms with van der Waals surface area (Å²) >= 11 is 3.15. The number of ether oxygens (including phenoxy) is 1. The molecule has 0 bridgehead atoms. The van der Waals surface area contributed by atoms with Gasteiger partial charge < -0.3 is 9.84 Å². The average molecular weight is 303 g/mol. The molecule has 1 saturated heterocycles. The van der Waals surface area contributed by atoms with Gasteiger partial charge in [0.05, 0.1) is 23.3 Å². The second-order valence-electron chi connectivity index (χ2n) is 4.66. The third-order valence-electron chi connectivity index (χ3n) is 3.20. The maximum absolute atomic E-state index is 13.1. The molecule has 0 spiro atoms. The van der Waals surface area contributed by atoms with Crippen LogP contribution in [0.1, 0.15) is 18.9 Å². The average Bonchev–Trinajstić information content (AvgIpc) is 2.70. The summed E-state index contributed by atoms with van der Waals surface area (Å²) in [6.07, 6.45) is 1.25. The van der Waals surface area contributed by atoms with Crippen LogP contribution in [0, 0.1) is 11.7 Å². The summed E-state index contributed by atoms with van der Waals surface area (Å²) in [6, 6.07) is 4.85. The van der Waals surface area contributed by atoms with Crippen molar-refractivity contribution in [3.8, 4) is 0 Å². The van der Waals surface area contributed by atoms with Gasteiger partial charge in [-0.2, -0.15) is 0 Å². The van der Waals surface area contributed by atoms with Crippen molar-refractivity contribution in [1.29, 1.82) is 0 Å². The molecule has 0 saturated carbocycles. The zero-order valence-corrected chi connectivity index (χ0v) is 11.3. The van der Waals surface area contributed by atoms with Gasteiger partial charge in [-0.1, -0.05) is 6.07 Å². The molecule has 0 aromatic heterocycles. The van der Waals surface area contributed by atoms with E-state index in [9.17, 15) is 9.50 Å². The lowest BCUT2D eigenvalue weighted by Crippen LogP contribution is -2.23. The van der Waals surface area contributed by atoms with Crippen LogP contribution in [0.25, 0.3) is 0 Å². The van der Waals surface area contributed by atoms with Crippen LogP contribution in [0.5, 0.6) is 0 Å². The molecule has 0 radical (unpaired) electrons. The third kappa shape index (κ3) is 3.27. The van der Waals surface area contributed by atoms with Crippen LogP contribution in [0.2, 0.25) is 0 Å². The SMILES string of the molecule is CC1CC(C(O)Cc2ccc(F)c(Br)c2)CO1. The number of hydrogen-bond acceptors (Lipinski definition) is 2. The van der Waals surface area contributed by atoms with E-state index in [1.54, 1.807) is 12.1 Å².